The molecule has 1 saturated heterocycles. The van der Waals surface area contributed by atoms with Crippen LogP contribution >= 0.6 is 0 Å². The second-order valence-corrected chi connectivity index (χ2v) is 6.46. The third-order valence-corrected chi connectivity index (χ3v) is 4.63. The molecule has 0 radical (unpaired) electrons. The van der Waals surface area contributed by atoms with Crippen molar-refractivity contribution < 1.29 is 14.6 Å². The van der Waals surface area contributed by atoms with Crippen molar-refractivity contribution in [2.24, 2.45) is 0 Å². The lowest BCUT2D eigenvalue weighted by molar-refractivity contribution is 0.0690. The lowest BCUT2D eigenvalue weighted by Crippen LogP contribution is -2.44. The Kier molecular flexibility index (Phi) is 3.72. The molecule has 0 spiro atoms. The number of carboxylic acids is 1. The van der Waals surface area contributed by atoms with Gasteiger partial charge in [-0.25, -0.2) is 14.8 Å². The molecule has 2 aromatic rings. The van der Waals surface area contributed by atoms with Crippen molar-refractivity contribution in [1.29, 1.82) is 0 Å². The first-order valence-electron chi connectivity index (χ1n) is 8.25. The summed E-state index contributed by atoms with van der Waals surface area (Å²) >= 11 is 0. The minimum absolute atomic E-state index is 0.0383. The Balaban J connectivity index is 1.78. The highest BCUT2D eigenvalue weighted by Crippen LogP contribution is 2.39. The molecule has 1 atom stereocenters. The van der Waals surface area contributed by atoms with Crippen LogP contribution in [0.5, 0.6) is 0 Å². The molecule has 7 heteroatoms. The summed E-state index contributed by atoms with van der Waals surface area (Å²) in [6.45, 7) is 4.16. The van der Waals surface area contributed by atoms with Gasteiger partial charge in [0.2, 0.25) is 0 Å². The van der Waals surface area contributed by atoms with Crippen molar-refractivity contribution >= 4 is 11.7 Å². The van der Waals surface area contributed by atoms with Crippen molar-refractivity contribution in [2.75, 3.05) is 24.7 Å². The predicted octanol–water partition coefficient (Wildman–Crippen LogP) is 2.07. The zero-order valence-corrected chi connectivity index (χ0v) is 13.6. The van der Waals surface area contributed by atoms with Crippen LogP contribution < -0.4 is 4.90 Å². The predicted molar refractivity (Wildman–Crippen MR) is 87.9 cm³/mol. The van der Waals surface area contributed by atoms with E-state index in [0.29, 0.717) is 19.1 Å². The summed E-state index contributed by atoms with van der Waals surface area (Å²) in [7, 11) is 0. The van der Waals surface area contributed by atoms with E-state index < -0.39 is 5.97 Å². The van der Waals surface area contributed by atoms with E-state index in [1.54, 1.807) is 18.6 Å². The zero-order valence-electron chi connectivity index (χ0n) is 13.6. The minimum Gasteiger partial charge on any atom is -0.477 e. The standard InChI is InChI=1S/C17H20N4O3/c1-11-9-24-5-4-21(11)16-7-18-13(17(22)23)6-15(16)20-8-14(19-10-20)12-2-3-12/h6-8,10-12H,2-5,9H2,1H3,(H,22,23)/t11-/m0/s1. The molecule has 2 aliphatic rings. The molecule has 1 saturated carbocycles. The SMILES string of the molecule is C[C@H]1COCCN1c1cnc(C(=O)O)cc1-n1cnc(C2CC2)c1. The van der Waals surface area contributed by atoms with E-state index in [2.05, 4.69) is 21.8 Å². The number of anilines is 1. The maximum atomic E-state index is 11.3. The fourth-order valence-electron chi connectivity index (χ4n) is 3.13. The summed E-state index contributed by atoms with van der Waals surface area (Å²) in [6, 6.07) is 1.83. The summed E-state index contributed by atoms with van der Waals surface area (Å²) in [4.78, 5) is 22.2. The van der Waals surface area contributed by atoms with E-state index in [1.807, 2.05) is 10.8 Å². The van der Waals surface area contributed by atoms with Crippen LogP contribution in [0.1, 0.15) is 41.9 Å². The van der Waals surface area contributed by atoms with Crippen molar-refractivity contribution in [2.45, 2.75) is 31.7 Å². The van der Waals surface area contributed by atoms with Gasteiger partial charge in [-0.3, -0.25) is 0 Å². The smallest absolute Gasteiger partial charge is 0.354 e. The van der Waals surface area contributed by atoms with Gasteiger partial charge in [-0.15, -0.1) is 0 Å². The number of imidazole rings is 1. The normalized spacial score (nSPS) is 21.0. The average Bonchev–Trinajstić information content (AvgIpc) is 3.32. The number of pyridine rings is 1. The van der Waals surface area contributed by atoms with E-state index in [4.69, 9.17) is 4.74 Å². The van der Waals surface area contributed by atoms with Gasteiger partial charge < -0.3 is 19.3 Å². The quantitative estimate of drug-likeness (QED) is 0.925. The summed E-state index contributed by atoms with van der Waals surface area (Å²) < 4.78 is 7.43. The Morgan fingerprint density at radius 3 is 2.88 bits per heavy atom. The first-order valence-corrected chi connectivity index (χ1v) is 8.25. The molecule has 126 valence electrons. The van der Waals surface area contributed by atoms with Crippen LogP contribution in [0.2, 0.25) is 0 Å². The van der Waals surface area contributed by atoms with Gasteiger partial charge in [0.15, 0.2) is 0 Å². The molecule has 4 rings (SSSR count). The van der Waals surface area contributed by atoms with Gasteiger partial charge in [0, 0.05) is 24.7 Å². The van der Waals surface area contributed by atoms with Crippen LogP contribution in [0.3, 0.4) is 0 Å². The molecule has 1 N–H and O–H groups in total. The first kappa shape index (κ1) is 15.1. The number of hydrogen-bond donors (Lipinski definition) is 1. The largest absolute Gasteiger partial charge is 0.477 e. The summed E-state index contributed by atoms with van der Waals surface area (Å²) in [5, 5.41) is 9.29. The highest BCUT2D eigenvalue weighted by atomic mass is 16.5. The number of aromatic nitrogens is 3. The van der Waals surface area contributed by atoms with Gasteiger partial charge in [0.25, 0.3) is 0 Å². The molecule has 2 fully saturated rings. The van der Waals surface area contributed by atoms with Crippen molar-refractivity contribution in [3.05, 3.63) is 36.2 Å². The van der Waals surface area contributed by atoms with E-state index in [0.717, 1.165) is 23.6 Å². The number of aromatic carboxylic acids is 1. The number of ether oxygens (including phenoxy) is 1. The van der Waals surface area contributed by atoms with Gasteiger partial charge in [0.1, 0.15) is 5.69 Å². The van der Waals surface area contributed by atoms with Gasteiger partial charge in [-0.1, -0.05) is 0 Å². The van der Waals surface area contributed by atoms with E-state index in [-0.39, 0.29) is 11.7 Å². The monoisotopic (exact) mass is 328 g/mol. The second-order valence-electron chi connectivity index (χ2n) is 6.46. The molecule has 2 aromatic heterocycles. The molecule has 0 unspecified atom stereocenters. The second kappa shape index (κ2) is 5.90. The number of morpholine rings is 1. The number of carbonyl (C=O) groups is 1. The maximum absolute atomic E-state index is 11.3. The molecule has 1 aliphatic heterocycles. The summed E-state index contributed by atoms with van der Waals surface area (Å²) in [6.07, 6.45) is 7.79. The van der Waals surface area contributed by atoms with Crippen molar-refractivity contribution in [1.82, 2.24) is 14.5 Å². The molecule has 3 heterocycles. The Hall–Kier alpha value is -2.41. The van der Waals surface area contributed by atoms with E-state index in [9.17, 15) is 9.90 Å². The molecule has 7 nitrogen and oxygen atoms in total. The lowest BCUT2D eigenvalue weighted by atomic mass is 10.2. The van der Waals surface area contributed by atoms with E-state index >= 15 is 0 Å². The van der Waals surface area contributed by atoms with Crippen LogP contribution in [0.15, 0.2) is 24.8 Å². The number of carboxylic acid groups (broad SMARTS) is 1. The highest BCUT2D eigenvalue weighted by Gasteiger charge is 2.27. The zero-order chi connectivity index (χ0) is 16.7. The van der Waals surface area contributed by atoms with Crippen LogP contribution in [-0.2, 0) is 4.74 Å². The topological polar surface area (TPSA) is 80.5 Å². The van der Waals surface area contributed by atoms with Crippen LogP contribution in [-0.4, -0.2) is 51.4 Å². The van der Waals surface area contributed by atoms with Gasteiger partial charge in [0.05, 0.1) is 42.8 Å². The van der Waals surface area contributed by atoms with Gasteiger partial charge in [-0.05, 0) is 25.8 Å². The van der Waals surface area contributed by atoms with Crippen LogP contribution in [0, 0.1) is 0 Å². The Morgan fingerprint density at radius 2 is 2.17 bits per heavy atom. The van der Waals surface area contributed by atoms with E-state index in [1.165, 1.54) is 12.8 Å². The molecule has 0 aromatic carbocycles. The molecule has 1 aliphatic carbocycles. The van der Waals surface area contributed by atoms with Gasteiger partial charge >= 0.3 is 5.97 Å². The molecule has 0 bridgehead atoms. The first-order chi connectivity index (χ1) is 11.6. The van der Waals surface area contributed by atoms with Crippen LogP contribution in [0.25, 0.3) is 5.69 Å². The number of rotatable bonds is 4. The van der Waals surface area contributed by atoms with Crippen molar-refractivity contribution in [3.63, 3.8) is 0 Å². The minimum atomic E-state index is -1.03. The maximum Gasteiger partial charge on any atom is 0.354 e. The fourth-order valence-corrected chi connectivity index (χ4v) is 3.13. The average molecular weight is 328 g/mol. The fraction of sp³-hybridized carbons (Fsp3) is 0.471. The molecular formula is C17H20N4O3. The molecular weight excluding hydrogens is 308 g/mol. The molecule has 0 amide bonds. The van der Waals surface area contributed by atoms with Crippen molar-refractivity contribution in [3.8, 4) is 5.69 Å². The van der Waals surface area contributed by atoms with Gasteiger partial charge in [-0.2, -0.15) is 0 Å². The third kappa shape index (κ3) is 2.75. The summed E-state index contributed by atoms with van der Waals surface area (Å²) in [5.41, 5.74) is 2.83. The Morgan fingerprint density at radius 1 is 1.33 bits per heavy atom. The highest BCUT2D eigenvalue weighted by molar-refractivity contribution is 5.87. The third-order valence-electron chi connectivity index (χ3n) is 4.63. The summed E-state index contributed by atoms with van der Waals surface area (Å²) in [5.74, 6) is -0.474. The van der Waals surface area contributed by atoms with Crippen LogP contribution in [0.4, 0.5) is 5.69 Å². The number of hydrogen-bond acceptors (Lipinski definition) is 5. The molecule has 24 heavy (non-hydrogen) atoms. The Labute approximate surface area is 139 Å². The Bertz CT molecular complexity index is 769. The lowest BCUT2D eigenvalue weighted by Gasteiger charge is -2.36. The number of nitrogens with zero attached hydrogens (tertiary/aromatic N) is 4.